The van der Waals surface area contributed by atoms with Crippen LogP contribution in [0.5, 0.6) is 0 Å². The topological polar surface area (TPSA) is 153 Å². The summed E-state index contributed by atoms with van der Waals surface area (Å²) in [5, 5.41) is 12.0. The fraction of sp³-hybridized carbons (Fsp3) is 0.273. The van der Waals surface area contributed by atoms with Gasteiger partial charge in [0.05, 0.1) is 34.0 Å². The summed E-state index contributed by atoms with van der Waals surface area (Å²) in [5.74, 6) is -1.61. The number of carbonyl (C=O) groups excluding carboxylic acids is 2. The highest BCUT2D eigenvalue weighted by atomic mass is 16.4. The Balaban J connectivity index is 1.37. The van der Waals surface area contributed by atoms with Crippen LogP contribution < -0.4 is 11.1 Å². The second-order valence-corrected chi connectivity index (χ2v) is 11.0. The highest BCUT2D eigenvalue weighted by molar-refractivity contribution is 5.99. The summed E-state index contributed by atoms with van der Waals surface area (Å²) in [4.78, 5) is 50.4. The summed E-state index contributed by atoms with van der Waals surface area (Å²) >= 11 is 0. The van der Waals surface area contributed by atoms with Crippen LogP contribution in [0.15, 0.2) is 72.9 Å². The van der Waals surface area contributed by atoms with Gasteiger partial charge in [-0.1, -0.05) is 49.6 Å². The molecule has 1 saturated carbocycles. The van der Waals surface area contributed by atoms with Crippen molar-refractivity contribution in [2.45, 2.75) is 57.0 Å². The van der Waals surface area contributed by atoms with Crippen LogP contribution >= 0.6 is 0 Å². The van der Waals surface area contributed by atoms with Gasteiger partial charge in [-0.3, -0.25) is 14.6 Å². The number of rotatable bonds is 9. The lowest BCUT2D eigenvalue weighted by Crippen LogP contribution is -2.41. The first-order valence-electron chi connectivity index (χ1n) is 14.5. The largest absolute Gasteiger partial charge is 0.480 e. The lowest BCUT2D eigenvalue weighted by Gasteiger charge is -2.25. The first-order valence-corrected chi connectivity index (χ1v) is 14.5. The molecule has 3 aromatic carbocycles. The molecule has 6 rings (SSSR count). The third-order valence-electron chi connectivity index (χ3n) is 8.04. The van der Waals surface area contributed by atoms with Gasteiger partial charge in [0, 0.05) is 29.2 Å². The molecule has 0 spiro atoms. The van der Waals surface area contributed by atoms with E-state index in [0.717, 1.165) is 64.9 Å². The van der Waals surface area contributed by atoms with Crippen LogP contribution in [0.25, 0.3) is 44.7 Å². The number of carboxylic acid groups (broad SMARTS) is 1. The highest BCUT2D eigenvalue weighted by Crippen LogP contribution is 2.37. The van der Waals surface area contributed by atoms with E-state index in [0.29, 0.717) is 5.52 Å². The van der Waals surface area contributed by atoms with Crippen molar-refractivity contribution in [2.75, 3.05) is 0 Å². The molecule has 0 aliphatic heterocycles. The van der Waals surface area contributed by atoms with Gasteiger partial charge in [-0.25, -0.2) is 14.8 Å². The molecule has 1 unspecified atom stereocenters. The minimum atomic E-state index is -1.23. The van der Waals surface area contributed by atoms with Crippen LogP contribution in [0.4, 0.5) is 0 Å². The van der Waals surface area contributed by atoms with Gasteiger partial charge in [-0.05, 0) is 55.7 Å². The predicted octanol–water partition coefficient (Wildman–Crippen LogP) is 5.27. The minimum absolute atomic E-state index is 0.0865. The fourth-order valence-electron chi connectivity index (χ4n) is 5.84. The van der Waals surface area contributed by atoms with E-state index in [9.17, 15) is 19.5 Å². The van der Waals surface area contributed by atoms with E-state index >= 15 is 0 Å². The van der Waals surface area contributed by atoms with Crippen molar-refractivity contribution in [3.8, 4) is 22.6 Å². The van der Waals surface area contributed by atoms with E-state index in [1.54, 1.807) is 18.3 Å². The molecule has 4 N–H and O–H groups in total. The number of aliphatic carboxylic acids is 1. The first kappa shape index (κ1) is 28.0. The number of imidazole rings is 1. The number of nitrogens with zero attached hydrogens (tertiary/aromatic N) is 4. The Labute approximate surface area is 248 Å². The minimum Gasteiger partial charge on any atom is -0.480 e. The summed E-state index contributed by atoms with van der Waals surface area (Å²) in [6.45, 7) is 0. The van der Waals surface area contributed by atoms with Crippen LogP contribution in [-0.4, -0.2) is 48.5 Å². The molecular formula is C33H32N6O4. The van der Waals surface area contributed by atoms with Gasteiger partial charge in [-0.2, -0.15) is 0 Å². The maximum atomic E-state index is 13.0. The Morgan fingerprint density at radius 2 is 1.70 bits per heavy atom. The molecule has 2 heterocycles. The molecule has 218 valence electrons. The van der Waals surface area contributed by atoms with Crippen molar-refractivity contribution in [2.24, 2.45) is 5.73 Å². The standard InChI is InChI=1S/C33H32N6O4/c34-30(40)16-14-25(33(42)43)38-32(41)22-12-15-29-27(18-22)37-31(39(29)23-9-5-2-6-10-23)21-11-13-24-26(17-21)35-19-28(36-24)20-7-3-1-4-8-20/h1,3-4,7-8,11-13,15,17-19,23,25H,2,5-6,9-10,14,16H2,(H2,34,40)(H,38,41)(H,42,43). The molecule has 1 fully saturated rings. The third kappa shape index (κ3) is 5.94. The van der Waals surface area contributed by atoms with Crippen LogP contribution in [0, 0.1) is 0 Å². The molecule has 0 bridgehead atoms. The molecule has 1 aliphatic rings. The Bertz CT molecular complexity index is 1830. The van der Waals surface area contributed by atoms with Gasteiger partial charge in [0.25, 0.3) is 5.91 Å². The van der Waals surface area contributed by atoms with Crippen molar-refractivity contribution in [3.05, 3.63) is 78.5 Å². The number of hydrogen-bond acceptors (Lipinski definition) is 6. The molecule has 43 heavy (non-hydrogen) atoms. The zero-order valence-electron chi connectivity index (χ0n) is 23.6. The number of carbonyl (C=O) groups is 3. The third-order valence-corrected chi connectivity index (χ3v) is 8.04. The maximum Gasteiger partial charge on any atom is 0.326 e. The van der Waals surface area contributed by atoms with Crippen molar-refractivity contribution >= 4 is 39.9 Å². The quantitative estimate of drug-likeness (QED) is 0.216. The second-order valence-electron chi connectivity index (χ2n) is 11.0. The van der Waals surface area contributed by atoms with E-state index in [4.69, 9.17) is 20.7 Å². The van der Waals surface area contributed by atoms with Crippen molar-refractivity contribution in [3.63, 3.8) is 0 Å². The lowest BCUT2D eigenvalue weighted by atomic mass is 9.94. The molecule has 2 amide bonds. The molecule has 0 radical (unpaired) electrons. The number of hydrogen-bond donors (Lipinski definition) is 3. The summed E-state index contributed by atoms with van der Waals surface area (Å²) in [5.41, 5.74) is 11.3. The van der Waals surface area contributed by atoms with Crippen LogP contribution in [0.2, 0.25) is 0 Å². The Hall–Kier alpha value is -5.12. The number of nitrogens with one attached hydrogen (secondary N) is 1. The van der Waals surface area contributed by atoms with Crippen molar-refractivity contribution < 1.29 is 19.5 Å². The maximum absolute atomic E-state index is 13.0. The molecule has 10 nitrogen and oxygen atoms in total. The Kier molecular flexibility index (Phi) is 7.83. The number of nitrogens with two attached hydrogens (primary N) is 1. The van der Waals surface area contributed by atoms with Gasteiger partial charge < -0.3 is 20.7 Å². The first-order chi connectivity index (χ1) is 20.9. The van der Waals surface area contributed by atoms with Crippen LogP contribution in [0.3, 0.4) is 0 Å². The van der Waals surface area contributed by atoms with E-state index in [1.807, 2.05) is 54.6 Å². The molecule has 0 saturated heterocycles. The summed E-state index contributed by atoms with van der Waals surface area (Å²) in [6.07, 6.45) is 7.10. The zero-order chi connectivity index (χ0) is 29.9. The number of amides is 2. The number of aromatic nitrogens is 4. The molecule has 10 heteroatoms. The average molecular weight is 577 g/mol. The monoisotopic (exact) mass is 576 g/mol. The van der Waals surface area contributed by atoms with Gasteiger partial charge in [-0.15, -0.1) is 0 Å². The fourth-order valence-corrected chi connectivity index (χ4v) is 5.84. The van der Waals surface area contributed by atoms with E-state index in [2.05, 4.69) is 9.88 Å². The summed E-state index contributed by atoms with van der Waals surface area (Å²) in [6, 6.07) is 20.2. The van der Waals surface area contributed by atoms with E-state index in [-0.39, 0.29) is 24.4 Å². The zero-order valence-corrected chi connectivity index (χ0v) is 23.6. The summed E-state index contributed by atoms with van der Waals surface area (Å²) in [7, 11) is 0. The second kappa shape index (κ2) is 12.0. The van der Waals surface area contributed by atoms with E-state index in [1.165, 1.54) is 6.42 Å². The van der Waals surface area contributed by atoms with Gasteiger partial charge >= 0.3 is 5.97 Å². The average Bonchev–Trinajstić information content (AvgIpc) is 3.42. The van der Waals surface area contributed by atoms with Crippen LogP contribution in [0.1, 0.15) is 61.3 Å². The van der Waals surface area contributed by atoms with Gasteiger partial charge in [0.1, 0.15) is 11.9 Å². The van der Waals surface area contributed by atoms with Gasteiger partial charge in [0.15, 0.2) is 0 Å². The normalized spacial score (nSPS) is 14.5. The number of fused-ring (bicyclic) bond motifs is 2. The molecule has 1 atom stereocenters. The Morgan fingerprint density at radius 1 is 0.907 bits per heavy atom. The number of primary amides is 1. The van der Waals surface area contributed by atoms with Crippen molar-refractivity contribution in [1.29, 1.82) is 0 Å². The predicted molar refractivity (Wildman–Crippen MR) is 163 cm³/mol. The molecule has 2 aromatic heterocycles. The lowest BCUT2D eigenvalue weighted by molar-refractivity contribution is -0.139. The molecule has 5 aromatic rings. The molecule has 1 aliphatic carbocycles. The molecular weight excluding hydrogens is 544 g/mol. The summed E-state index contributed by atoms with van der Waals surface area (Å²) < 4.78 is 2.27. The number of carboxylic acids is 1. The van der Waals surface area contributed by atoms with Crippen molar-refractivity contribution in [1.82, 2.24) is 24.8 Å². The SMILES string of the molecule is NC(=O)CCC(NC(=O)c1ccc2c(c1)nc(-c1ccc3nc(-c4ccccc4)cnc3c1)n2C1CCCCC1)C(=O)O. The Morgan fingerprint density at radius 3 is 2.44 bits per heavy atom. The smallest absolute Gasteiger partial charge is 0.326 e. The van der Waals surface area contributed by atoms with E-state index < -0.39 is 23.8 Å². The van der Waals surface area contributed by atoms with Crippen LogP contribution in [-0.2, 0) is 9.59 Å². The van der Waals surface area contributed by atoms with Gasteiger partial charge in [0.2, 0.25) is 5.91 Å². The number of benzene rings is 3. The highest BCUT2D eigenvalue weighted by Gasteiger charge is 2.25.